The smallest absolute Gasteiger partial charge is 0.00230 e. The second-order valence-corrected chi connectivity index (χ2v) is 6.87. The average molecular weight is 304 g/mol. The van der Waals surface area contributed by atoms with Crippen LogP contribution < -0.4 is 5.30 Å². The van der Waals surface area contributed by atoms with Gasteiger partial charge in [-0.05, 0) is 47.1 Å². The van der Waals surface area contributed by atoms with Crippen molar-refractivity contribution in [3.8, 4) is 0 Å². The number of hydrogen-bond donors (Lipinski definition) is 0. The highest BCUT2D eigenvalue weighted by atomic mass is 31.1. The van der Waals surface area contributed by atoms with Crippen molar-refractivity contribution in [2.24, 2.45) is 0 Å². The lowest BCUT2D eigenvalue weighted by atomic mass is 9.97. The zero-order valence-electron chi connectivity index (χ0n) is 12.9. The van der Waals surface area contributed by atoms with Gasteiger partial charge in [0.25, 0.3) is 0 Å². The number of hydrogen-bond acceptors (Lipinski definition) is 0. The molecule has 22 heavy (non-hydrogen) atoms. The van der Waals surface area contributed by atoms with Crippen LogP contribution in [0.2, 0.25) is 0 Å². The van der Waals surface area contributed by atoms with Crippen LogP contribution in [-0.4, -0.2) is 0 Å². The summed E-state index contributed by atoms with van der Waals surface area (Å²) in [6, 6.07) is 28.2. The Labute approximate surface area is 135 Å². The summed E-state index contributed by atoms with van der Waals surface area (Å²) in [4.78, 5) is 0. The third kappa shape index (κ3) is 3.84. The van der Waals surface area contributed by atoms with Gasteiger partial charge in [0.2, 0.25) is 0 Å². The van der Waals surface area contributed by atoms with E-state index in [2.05, 4.69) is 85.8 Å². The van der Waals surface area contributed by atoms with E-state index in [0.29, 0.717) is 0 Å². The predicted molar refractivity (Wildman–Crippen MR) is 98.5 cm³/mol. The van der Waals surface area contributed by atoms with Gasteiger partial charge in [0.1, 0.15) is 0 Å². The van der Waals surface area contributed by atoms with E-state index in [1.165, 1.54) is 27.6 Å². The molecule has 0 saturated carbocycles. The Balaban J connectivity index is 1.74. The van der Waals surface area contributed by atoms with Gasteiger partial charge in [-0.15, -0.1) is 0 Å². The first-order valence-electron chi connectivity index (χ1n) is 7.73. The molecule has 110 valence electrons. The molecule has 0 aromatic heterocycles. The van der Waals surface area contributed by atoms with Gasteiger partial charge in [-0.3, -0.25) is 0 Å². The molecule has 1 unspecified atom stereocenters. The summed E-state index contributed by atoms with van der Waals surface area (Å²) in [5.41, 5.74) is 5.76. The van der Waals surface area contributed by atoms with E-state index in [1.807, 2.05) is 0 Å². The minimum atomic E-state index is 0.843. The summed E-state index contributed by atoms with van der Waals surface area (Å²) in [7, 11) is 0.843. The van der Waals surface area contributed by atoms with Crippen molar-refractivity contribution >= 4 is 13.9 Å². The molecule has 0 aliphatic heterocycles. The van der Waals surface area contributed by atoms with E-state index < -0.39 is 0 Å². The zero-order valence-corrected chi connectivity index (χ0v) is 13.9. The Morgan fingerprint density at radius 1 is 0.682 bits per heavy atom. The number of benzene rings is 3. The van der Waals surface area contributed by atoms with E-state index in [0.717, 1.165) is 21.2 Å². The molecule has 0 heterocycles. The lowest BCUT2D eigenvalue weighted by molar-refractivity contribution is 1.13. The largest absolute Gasteiger partial charge is 0.0859 e. The summed E-state index contributed by atoms with van der Waals surface area (Å²) < 4.78 is 0. The van der Waals surface area contributed by atoms with E-state index >= 15 is 0 Å². The first kappa shape index (κ1) is 15.0. The summed E-state index contributed by atoms with van der Waals surface area (Å²) in [5, 5.41) is 1.44. The second-order valence-electron chi connectivity index (χ2n) is 5.58. The Morgan fingerprint density at radius 3 is 2.05 bits per heavy atom. The van der Waals surface area contributed by atoms with Crippen molar-refractivity contribution < 1.29 is 0 Å². The van der Waals surface area contributed by atoms with Gasteiger partial charge >= 0.3 is 0 Å². The third-order valence-corrected chi connectivity index (χ3v) is 5.35. The molecule has 0 amide bonds. The predicted octanol–water partition coefficient (Wildman–Crippen LogP) is 5.09. The van der Waals surface area contributed by atoms with Crippen molar-refractivity contribution in [1.29, 1.82) is 0 Å². The Hall–Kier alpha value is -1.91. The van der Waals surface area contributed by atoms with Crippen LogP contribution in [0.15, 0.2) is 78.9 Å². The third-order valence-electron chi connectivity index (χ3n) is 4.05. The van der Waals surface area contributed by atoms with Crippen LogP contribution in [0, 0.1) is 6.92 Å². The van der Waals surface area contributed by atoms with Crippen LogP contribution in [-0.2, 0) is 12.6 Å². The summed E-state index contributed by atoms with van der Waals surface area (Å²) in [5.74, 6) is 0. The van der Waals surface area contributed by atoms with Crippen LogP contribution in [0.1, 0.15) is 22.3 Å². The average Bonchev–Trinajstić information content (AvgIpc) is 2.58. The van der Waals surface area contributed by atoms with Gasteiger partial charge in [0.05, 0.1) is 0 Å². The standard InChI is InChI=1S/C21H21P/c1-17-19(15-18-9-4-2-5-10-18)11-8-12-20(17)16-22-21-13-6-3-7-14-21/h2-14,22H,15-16H2,1H3. The SMILES string of the molecule is Cc1c(CPc2ccccc2)cccc1Cc1ccccc1. The minimum Gasteiger partial charge on any atom is -0.0859 e. The monoisotopic (exact) mass is 304 g/mol. The molecule has 0 saturated heterocycles. The Kier molecular flexibility index (Phi) is 5.03. The highest BCUT2D eigenvalue weighted by Crippen LogP contribution is 2.24. The van der Waals surface area contributed by atoms with Crippen molar-refractivity contribution in [2.45, 2.75) is 19.5 Å². The Morgan fingerprint density at radius 2 is 1.32 bits per heavy atom. The van der Waals surface area contributed by atoms with E-state index in [1.54, 1.807) is 0 Å². The lowest BCUT2D eigenvalue weighted by Crippen LogP contribution is -1.98. The van der Waals surface area contributed by atoms with Crippen molar-refractivity contribution in [2.75, 3.05) is 0 Å². The fourth-order valence-corrected chi connectivity index (χ4v) is 3.89. The van der Waals surface area contributed by atoms with Gasteiger partial charge in [0.15, 0.2) is 0 Å². The van der Waals surface area contributed by atoms with Gasteiger partial charge < -0.3 is 0 Å². The summed E-state index contributed by atoms with van der Waals surface area (Å²) in [6.45, 7) is 2.27. The first-order chi connectivity index (χ1) is 10.8. The van der Waals surface area contributed by atoms with E-state index in [9.17, 15) is 0 Å². The molecule has 0 radical (unpaired) electrons. The molecule has 3 aromatic carbocycles. The van der Waals surface area contributed by atoms with Crippen molar-refractivity contribution in [3.05, 3.63) is 101 Å². The fourth-order valence-electron chi connectivity index (χ4n) is 2.69. The molecule has 0 fully saturated rings. The maximum Gasteiger partial charge on any atom is -0.00230 e. The summed E-state index contributed by atoms with van der Waals surface area (Å²) >= 11 is 0. The van der Waals surface area contributed by atoms with E-state index in [4.69, 9.17) is 0 Å². The quantitative estimate of drug-likeness (QED) is 0.576. The first-order valence-corrected chi connectivity index (χ1v) is 8.94. The molecule has 0 aliphatic rings. The molecular weight excluding hydrogens is 283 g/mol. The molecule has 3 aromatic rings. The van der Waals surface area contributed by atoms with Crippen LogP contribution in [0.5, 0.6) is 0 Å². The number of rotatable bonds is 5. The molecule has 1 heteroatoms. The van der Waals surface area contributed by atoms with Crippen LogP contribution >= 0.6 is 8.58 Å². The fraction of sp³-hybridized carbons (Fsp3) is 0.143. The maximum atomic E-state index is 2.28. The van der Waals surface area contributed by atoms with Gasteiger partial charge in [-0.25, -0.2) is 0 Å². The molecular formula is C21H21P. The van der Waals surface area contributed by atoms with Crippen molar-refractivity contribution in [1.82, 2.24) is 0 Å². The van der Waals surface area contributed by atoms with Gasteiger partial charge in [0, 0.05) is 0 Å². The minimum absolute atomic E-state index is 0.843. The maximum absolute atomic E-state index is 2.28. The molecule has 0 nitrogen and oxygen atoms in total. The van der Waals surface area contributed by atoms with Crippen LogP contribution in [0.3, 0.4) is 0 Å². The normalized spacial score (nSPS) is 11.1. The zero-order chi connectivity index (χ0) is 15.2. The second kappa shape index (κ2) is 7.38. The lowest BCUT2D eigenvalue weighted by Gasteiger charge is -2.12. The molecule has 0 aliphatic carbocycles. The van der Waals surface area contributed by atoms with Gasteiger partial charge in [-0.1, -0.05) is 87.4 Å². The van der Waals surface area contributed by atoms with E-state index in [-0.39, 0.29) is 0 Å². The van der Waals surface area contributed by atoms with Crippen LogP contribution in [0.4, 0.5) is 0 Å². The Bertz CT molecular complexity index is 717. The van der Waals surface area contributed by atoms with Gasteiger partial charge in [-0.2, -0.15) is 0 Å². The molecule has 0 N–H and O–H groups in total. The highest BCUT2D eigenvalue weighted by molar-refractivity contribution is 7.46. The summed E-state index contributed by atoms with van der Waals surface area (Å²) in [6.07, 6.45) is 2.16. The van der Waals surface area contributed by atoms with Crippen molar-refractivity contribution in [3.63, 3.8) is 0 Å². The molecule has 0 spiro atoms. The molecule has 1 atom stereocenters. The topological polar surface area (TPSA) is 0 Å². The van der Waals surface area contributed by atoms with Crippen LogP contribution in [0.25, 0.3) is 0 Å². The molecule has 0 bridgehead atoms. The highest BCUT2D eigenvalue weighted by Gasteiger charge is 2.05. The molecule has 3 rings (SSSR count).